The van der Waals surface area contributed by atoms with Crippen molar-refractivity contribution in [3.05, 3.63) is 345 Å². The van der Waals surface area contributed by atoms with E-state index in [0.717, 1.165) is 34.1 Å². The lowest BCUT2D eigenvalue weighted by Crippen LogP contribution is -2.28. The van der Waals surface area contributed by atoms with E-state index in [1.807, 2.05) is 0 Å². The standard InChI is InChI=1S/C89H62N2/c1-85(2)69-29-13-7-21-59(69)63-40-37-52(46-77(63)85)90-53-38-41-65-61-23-9-16-32-72(61)88(6,79(65)47-53)81-50-57(49-80-83(81)67-25-11-14-30-70(67)86(80,3)4)91-54-39-42-64-60-22-8-15-31-71(60)87(5,78(64)48-54)75-35-20-36-76-82(75)68-26-12-18-34-74(68)89(76)73-33-17-10-24-62(73)66-28-19-27-58(84(66)89)51-43-55(90)45-56(91)44-51/h7-50H,1-6H3. The summed E-state index contributed by atoms with van der Waals surface area (Å²) in [5.41, 5.74) is 41.3. The molecule has 0 saturated carbocycles. The SMILES string of the molecule is CC1(C)c2ccccc2-c2ccc(N3c4cc5cc(c4)N(c4ccc6c(c4)C(C)(c4ccccc4-6)c4cccc6c4-c4ccccc4C64c6ccccc6-c6cccc-5c64)c4cc5c(c(c4)C4(C)c6ccccc6-c6ccc3cc64)-c3ccccc3C5(C)C)cc21. The number of rotatable bonds is 1. The van der Waals surface area contributed by atoms with E-state index in [0.29, 0.717) is 0 Å². The van der Waals surface area contributed by atoms with Crippen LogP contribution in [0, 0.1) is 0 Å². The lowest BCUT2D eigenvalue weighted by atomic mass is 9.67. The van der Waals surface area contributed by atoms with Gasteiger partial charge in [-0.05, 0) is 236 Å². The summed E-state index contributed by atoms with van der Waals surface area (Å²) in [7, 11) is 0. The zero-order valence-corrected chi connectivity index (χ0v) is 51.8. The van der Waals surface area contributed by atoms with Gasteiger partial charge < -0.3 is 9.80 Å². The highest BCUT2D eigenvalue weighted by Gasteiger charge is 2.56. The molecule has 2 heteroatoms. The topological polar surface area (TPSA) is 6.48 Å². The maximum absolute atomic E-state index is 2.67. The van der Waals surface area contributed by atoms with E-state index >= 15 is 0 Å². The summed E-state index contributed by atoms with van der Waals surface area (Å²) < 4.78 is 0. The molecule has 0 saturated heterocycles. The second-order valence-electron chi connectivity index (χ2n) is 28.5. The summed E-state index contributed by atoms with van der Waals surface area (Å²) in [6, 6.07) is 105. The van der Waals surface area contributed by atoms with Crippen molar-refractivity contribution in [1.82, 2.24) is 0 Å². The first kappa shape index (κ1) is 50.3. The molecule has 2 aliphatic heterocycles. The summed E-state index contributed by atoms with van der Waals surface area (Å²) in [5, 5.41) is 0. The van der Waals surface area contributed by atoms with Crippen LogP contribution in [0.1, 0.15) is 119 Å². The van der Waals surface area contributed by atoms with Crippen LogP contribution in [0.15, 0.2) is 267 Å². The van der Waals surface area contributed by atoms with Crippen LogP contribution in [0.3, 0.4) is 0 Å². The molecule has 8 aliphatic rings. The average Bonchev–Trinajstić information content (AvgIpc) is 1.51. The van der Waals surface area contributed by atoms with Gasteiger partial charge in [0.2, 0.25) is 0 Å². The molecule has 13 aromatic rings. The van der Waals surface area contributed by atoms with Gasteiger partial charge >= 0.3 is 0 Å². The van der Waals surface area contributed by atoms with Gasteiger partial charge in [-0.1, -0.05) is 228 Å². The second-order valence-corrected chi connectivity index (χ2v) is 28.5. The number of fused-ring (bicyclic) bond motifs is 27. The van der Waals surface area contributed by atoms with Gasteiger partial charge in [-0.15, -0.1) is 0 Å². The molecule has 0 N–H and O–H groups in total. The molecule has 3 atom stereocenters. The Morgan fingerprint density at radius 3 is 1.15 bits per heavy atom. The first-order valence-corrected chi connectivity index (χ1v) is 32.6. The first-order valence-electron chi connectivity index (χ1n) is 32.6. The molecule has 6 aliphatic carbocycles. The van der Waals surface area contributed by atoms with Crippen molar-refractivity contribution in [2.75, 3.05) is 9.80 Å². The smallest absolute Gasteiger partial charge is 0.0731 e. The van der Waals surface area contributed by atoms with Crippen molar-refractivity contribution < 1.29 is 0 Å². The van der Waals surface area contributed by atoms with E-state index in [1.54, 1.807) is 0 Å². The summed E-state index contributed by atoms with van der Waals surface area (Å²) in [5.74, 6) is 0. The molecule has 91 heavy (non-hydrogen) atoms. The van der Waals surface area contributed by atoms with Crippen LogP contribution in [0.25, 0.3) is 77.9 Å². The molecule has 13 aromatic carbocycles. The van der Waals surface area contributed by atoms with Gasteiger partial charge in [0, 0.05) is 55.8 Å². The van der Waals surface area contributed by atoms with Crippen LogP contribution in [0.4, 0.5) is 34.1 Å². The highest BCUT2D eigenvalue weighted by atomic mass is 15.2. The summed E-state index contributed by atoms with van der Waals surface area (Å²) in [6.07, 6.45) is 0. The van der Waals surface area contributed by atoms with E-state index in [4.69, 9.17) is 0 Å². The molecule has 0 amide bonds. The van der Waals surface area contributed by atoms with Crippen molar-refractivity contribution >= 4 is 34.1 Å². The Kier molecular flexibility index (Phi) is 9.20. The van der Waals surface area contributed by atoms with Crippen LogP contribution < -0.4 is 9.80 Å². The highest BCUT2D eigenvalue weighted by Crippen LogP contribution is 2.69. The van der Waals surface area contributed by atoms with E-state index in [2.05, 4.69) is 318 Å². The van der Waals surface area contributed by atoms with E-state index in [1.165, 1.54) is 156 Å². The predicted molar refractivity (Wildman–Crippen MR) is 375 cm³/mol. The predicted octanol–water partition coefficient (Wildman–Crippen LogP) is 22.5. The maximum Gasteiger partial charge on any atom is 0.0731 e. The van der Waals surface area contributed by atoms with Crippen molar-refractivity contribution in [1.29, 1.82) is 0 Å². The molecule has 0 fully saturated rings. The molecule has 2 heterocycles. The third-order valence-corrected chi connectivity index (χ3v) is 23.8. The van der Waals surface area contributed by atoms with Crippen LogP contribution >= 0.6 is 0 Å². The second kappa shape index (κ2) is 16.6. The number of hydrogen-bond donors (Lipinski definition) is 0. The van der Waals surface area contributed by atoms with Gasteiger partial charge in [0.15, 0.2) is 0 Å². The zero-order chi connectivity index (χ0) is 60.4. The molecular weight excluding hydrogens is 1100 g/mol. The van der Waals surface area contributed by atoms with E-state index < -0.39 is 16.2 Å². The van der Waals surface area contributed by atoms with E-state index in [-0.39, 0.29) is 10.8 Å². The normalized spacial score (nSPS) is 20.0. The minimum Gasteiger partial charge on any atom is -0.310 e. The molecule has 13 bridgehead atoms. The average molecular weight is 1160 g/mol. The number of hydrogen-bond acceptors (Lipinski definition) is 2. The third kappa shape index (κ3) is 5.81. The molecular formula is C89H62N2. The quantitative estimate of drug-likeness (QED) is 0.162. The van der Waals surface area contributed by atoms with Crippen LogP contribution in [0.2, 0.25) is 0 Å². The van der Waals surface area contributed by atoms with Gasteiger partial charge in [0.1, 0.15) is 0 Å². The molecule has 3 unspecified atom stereocenters. The Morgan fingerprint density at radius 1 is 0.209 bits per heavy atom. The monoisotopic (exact) mass is 1160 g/mol. The fourth-order valence-corrected chi connectivity index (χ4v) is 19.8. The summed E-state index contributed by atoms with van der Waals surface area (Å²) in [4.78, 5) is 5.29. The van der Waals surface area contributed by atoms with Crippen molar-refractivity contribution in [3.63, 3.8) is 0 Å². The number of anilines is 6. The van der Waals surface area contributed by atoms with Gasteiger partial charge in [0.25, 0.3) is 0 Å². The van der Waals surface area contributed by atoms with Crippen LogP contribution in [-0.2, 0) is 27.1 Å². The minimum absolute atomic E-state index is 0.224. The maximum atomic E-state index is 2.67. The summed E-state index contributed by atoms with van der Waals surface area (Å²) >= 11 is 0. The highest BCUT2D eigenvalue weighted by molar-refractivity contribution is 6.03. The van der Waals surface area contributed by atoms with Gasteiger partial charge in [0.05, 0.1) is 5.41 Å². The first-order chi connectivity index (χ1) is 44.4. The number of nitrogens with zero attached hydrogens (tertiary/aromatic N) is 2. The molecule has 1 spiro atoms. The largest absolute Gasteiger partial charge is 0.310 e. The Labute approximate surface area is 532 Å². The Hall–Kier alpha value is -10.5. The Morgan fingerprint density at radius 2 is 0.549 bits per heavy atom. The molecule has 21 rings (SSSR count). The van der Waals surface area contributed by atoms with E-state index in [9.17, 15) is 0 Å². The molecule has 0 radical (unpaired) electrons. The van der Waals surface area contributed by atoms with Gasteiger partial charge in [-0.25, -0.2) is 0 Å². The molecule has 428 valence electrons. The van der Waals surface area contributed by atoms with Crippen molar-refractivity contribution in [2.24, 2.45) is 0 Å². The minimum atomic E-state index is -0.639. The zero-order valence-electron chi connectivity index (χ0n) is 51.8. The van der Waals surface area contributed by atoms with Gasteiger partial charge in [-0.3, -0.25) is 0 Å². The van der Waals surface area contributed by atoms with Crippen molar-refractivity contribution in [2.45, 2.75) is 68.6 Å². The van der Waals surface area contributed by atoms with Crippen LogP contribution in [0.5, 0.6) is 0 Å². The fraction of sp³-hybridized carbons (Fsp3) is 0.124. The lowest BCUT2D eigenvalue weighted by molar-refractivity contribution is 0.656. The van der Waals surface area contributed by atoms with Crippen molar-refractivity contribution in [3.8, 4) is 77.9 Å². The summed E-state index contributed by atoms with van der Waals surface area (Å²) in [6.45, 7) is 14.8. The van der Waals surface area contributed by atoms with Crippen LogP contribution in [-0.4, -0.2) is 0 Å². The fourth-order valence-electron chi connectivity index (χ4n) is 19.8. The number of benzene rings is 13. The Bertz CT molecular complexity index is 5550. The third-order valence-electron chi connectivity index (χ3n) is 23.8. The Balaban J connectivity index is 0.965. The lowest BCUT2D eigenvalue weighted by Gasteiger charge is -2.38. The molecule has 0 aromatic heterocycles. The van der Waals surface area contributed by atoms with Gasteiger partial charge in [-0.2, -0.15) is 0 Å². The molecule has 2 nitrogen and oxygen atoms in total.